The first-order valence-electron chi connectivity index (χ1n) is 5.54. The van der Waals surface area contributed by atoms with Gasteiger partial charge in [-0.3, -0.25) is 0 Å². The fourth-order valence-corrected chi connectivity index (χ4v) is 1.74. The first-order chi connectivity index (χ1) is 8.83. The molecule has 6 heteroatoms. The normalized spacial score (nSPS) is 10.3. The number of anilines is 1. The molecular formula is C12H15N3O2S. The van der Waals surface area contributed by atoms with Crippen LogP contribution < -0.4 is 10.1 Å². The lowest BCUT2D eigenvalue weighted by Gasteiger charge is -2.00. The first kappa shape index (κ1) is 12.8. The zero-order valence-electron chi connectivity index (χ0n) is 10.3. The van der Waals surface area contributed by atoms with Crippen LogP contribution in [0.2, 0.25) is 0 Å². The predicted molar refractivity (Wildman–Crippen MR) is 73.2 cm³/mol. The van der Waals surface area contributed by atoms with Crippen LogP contribution in [-0.2, 0) is 0 Å². The van der Waals surface area contributed by atoms with Gasteiger partial charge in [0, 0.05) is 17.9 Å². The van der Waals surface area contributed by atoms with Crippen molar-refractivity contribution in [2.45, 2.75) is 0 Å². The van der Waals surface area contributed by atoms with E-state index in [4.69, 9.17) is 9.26 Å². The highest BCUT2D eigenvalue weighted by molar-refractivity contribution is 7.98. The molecule has 1 aromatic carbocycles. The molecule has 0 bridgehead atoms. The molecule has 1 heterocycles. The molecule has 18 heavy (non-hydrogen) atoms. The second-order valence-corrected chi connectivity index (χ2v) is 4.56. The Morgan fingerprint density at radius 1 is 1.44 bits per heavy atom. The summed E-state index contributed by atoms with van der Waals surface area (Å²) in [6.07, 6.45) is 2.05. The third-order valence-corrected chi connectivity index (χ3v) is 2.95. The Morgan fingerprint density at radius 3 is 3.11 bits per heavy atom. The van der Waals surface area contributed by atoms with Gasteiger partial charge in [-0.2, -0.15) is 16.7 Å². The van der Waals surface area contributed by atoms with Gasteiger partial charge in [0.05, 0.1) is 7.11 Å². The number of nitrogens with one attached hydrogen (secondary N) is 1. The van der Waals surface area contributed by atoms with E-state index in [2.05, 4.69) is 21.7 Å². The van der Waals surface area contributed by atoms with Crippen molar-refractivity contribution < 1.29 is 9.26 Å². The van der Waals surface area contributed by atoms with Crippen molar-refractivity contribution >= 4 is 17.8 Å². The Kier molecular flexibility index (Phi) is 4.46. The minimum absolute atomic E-state index is 0.446. The summed E-state index contributed by atoms with van der Waals surface area (Å²) in [6, 6.07) is 8.00. The van der Waals surface area contributed by atoms with Gasteiger partial charge in [-0.05, 0) is 18.4 Å². The van der Waals surface area contributed by atoms with Gasteiger partial charge in [-0.25, -0.2) is 0 Å². The molecule has 0 unspecified atom stereocenters. The molecule has 96 valence electrons. The third kappa shape index (κ3) is 3.16. The minimum Gasteiger partial charge on any atom is -0.497 e. The van der Waals surface area contributed by atoms with Gasteiger partial charge in [-0.1, -0.05) is 17.3 Å². The highest BCUT2D eigenvalue weighted by Gasteiger charge is 2.08. The summed E-state index contributed by atoms with van der Waals surface area (Å²) in [6.45, 7) is 0.806. The van der Waals surface area contributed by atoms with Crippen LogP contribution in [0.5, 0.6) is 5.75 Å². The molecule has 2 rings (SSSR count). The van der Waals surface area contributed by atoms with E-state index in [9.17, 15) is 0 Å². The molecule has 1 N–H and O–H groups in total. The van der Waals surface area contributed by atoms with Gasteiger partial charge >= 0.3 is 6.01 Å². The van der Waals surface area contributed by atoms with Crippen molar-refractivity contribution in [1.82, 2.24) is 10.1 Å². The molecule has 0 saturated carbocycles. The highest BCUT2D eigenvalue weighted by atomic mass is 32.2. The van der Waals surface area contributed by atoms with E-state index in [0.29, 0.717) is 11.8 Å². The third-order valence-electron chi connectivity index (χ3n) is 2.34. The smallest absolute Gasteiger partial charge is 0.321 e. The first-order valence-corrected chi connectivity index (χ1v) is 6.94. The van der Waals surface area contributed by atoms with Crippen molar-refractivity contribution in [3.8, 4) is 17.1 Å². The number of benzene rings is 1. The standard InChI is InChI=1S/C12H15N3O2S/c1-16-10-5-3-4-9(8-10)11-14-12(17-15-11)13-6-7-18-2/h3-5,8H,6-7H2,1-2H3,(H,13,14,15). The van der Waals surface area contributed by atoms with Gasteiger partial charge < -0.3 is 14.6 Å². The van der Waals surface area contributed by atoms with Crippen LogP contribution >= 0.6 is 11.8 Å². The molecular weight excluding hydrogens is 250 g/mol. The Labute approximate surface area is 110 Å². The number of hydrogen-bond donors (Lipinski definition) is 1. The fraction of sp³-hybridized carbons (Fsp3) is 0.333. The predicted octanol–water partition coefficient (Wildman–Crippen LogP) is 2.52. The van der Waals surface area contributed by atoms with Crippen LogP contribution in [0.25, 0.3) is 11.4 Å². The van der Waals surface area contributed by atoms with Gasteiger partial charge in [0.25, 0.3) is 0 Å². The quantitative estimate of drug-likeness (QED) is 0.810. The highest BCUT2D eigenvalue weighted by Crippen LogP contribution is 2.22. The van der Waals surface area contributed by atoms with Crippen molar-refractivity contribution in [3.63, 3.8) is 0 Å². The number of thioether (sulfide) groups is 1. The number of rotatable bonds is 6. The lowest BCUT2D eigenvalue weighted by molar-refractivity contribution is 0.414. The van der Waals surface area contributed by atoms with E-state index in [1.165, 1.54) is 0 Å². The number of nitrogens with zero attached hydrogens (tertiary/aromatic N) is 2. The molecule has 0 aliphatic rings. The van der Waals surface area contributed by atoms with Gasteiger partial charge in [-0.15, -0.1) is 0 Å². The van der Waals surface area contributed by atoms with E-state index in [0.717, 1.165) is 23.6 Å². The molecule has 0 aliphatic carbocycles. The summed E-state index contributed by atoms with van der Waals surface area (Å²) in [5.41, 5.74) is 0.871. The van der Waals surface area contributed by atoms with E-state index >= 15 is 0 Å². The fourth-order valence-electron chi connectivity index (χ4n) is 1.43. The average molecular weight is 265 g/mol. The van der Waals surface area contributed by atoms with Crippen molar-refractivity contribution in [2.75, 3.05) is 31.0 Å². The molecule has 0 aliphatic heterocycles. The van der Waals surface area contributed by atoms with Crippen molar-refractivity contribution in [2.24, 2.45) is 0 Å². The zero-order chi connectivity index (χ0) is 12.8. The molecule has 0 atom stereocenters. The van der Waals surface area contributed by atoms with E-state index in [-0.39, 0.29) is 0 Å². The van der Waals surface area contributed by atoms with Gasteiger partial charge in [0.2, 0.25) is 5.82 Å². The Bertz CT molecular complexity index is 502. The Balaban J connectivity index is 2.08. The van der Waals surface area contributed by atoms with Crippen molar-refractivity contribution in [3.05, 3.63) is 24.3 Å². The van der Waals surface area contributed by atoms with Gasteiger partial charge in [0.1, 0.15) is 5.75 Å². The van der Waals surface area contributed by atoms with E-state index < -0.39 is 0 Å². The lowest BCUT2D eigenvalue weighted by atomic mass is 10.2. The summed E-state index contributed by atoms with van der Waals surface area (Å²) in [4.78, 5) is 4.27. The zero-order valence-corrected chi connectivity index (χ0v) is 11.2. The maximum atomic E-state index is 5.16. The Hall–Kier alpha value is -1.69. The molecule has 0 amide bonds. The number of methoxy groups -OCH3 is 1. The summed E-state index contributed by atoms with van der Waals surface area (Å²) in [5, 5.41) is 7.00. The second kappa shape index (κ2) is 6.30. The molecule has 1 aromatic heterocycles. The van der Waals surface area contributed by atoms with Gasteiger partial charge in [0.15, 0.2) is 0 Å². The van der Waals surface area contributed by atoms with E-state index in [1.807, 2.05) is 24.3 Å². The number of aromatic nitrogens is 2. The largest absolute Gasteiger partial charge is 0.497 e. The van der Waals surface area contributed by atoms with Crippen LogP contribution in [0.4, 0.5) is 6.01 Å². The number of ether oxygens (including phenoxy) is 1. The molecule has 0 fully saturated rings. The second-order valence-electron chi connectivity index (χ2n) is 3.57. The minimum atomic E-state index is 0.446. The van der Waals surface area contributed by atoms with Crippen LogP contribution in [0.3, 0.4) is 0 Å². The summed E-state index contributed by atoms with van der Waals surface area (Å²) < 4.78 is 10.3. The topological polar surface area (TPSA) is 60.2 Å². The lowest BCUT2D eigenvalue weighted by Crippen LogP contribution is -2.03. The summed E-state index contributed by atoms with van der Waals surface area (Å²) in [7, 11) is 1.63. The number of hydrogen-bond acceptors (Lipinski definition) is 6. The van der Waals surface area contributed by atoms with Crippen LogP contribution in [0.15, 0.2) is 28.8 Å². The van der Waals surface area contributed by atoms with Crippen LogP contribution in [-0.4, -0.2) is 35.8 Å². The van der Waals surface area contributed by atoms with Crippen molar-refractivity contribution in [1.29, 1.82) is 0 Å². The SMILES string of the molecule is COc1cccc(-c2noc(NCCSC)n2)c1. The summed E-state index contributed by atoms with van der Waals surface area (Å²) in [5.74, 6) is 2.33. The average Bonchev–Trinajstić information content (AvgIpc) is 2.88. The maximum absolute atomic E-state index is 5.16. The summed E-state index contributed by atoms with van der Waals surface area (Å²) >= 11 is 1.76. The maximum Gasteiger partial charge on any atom is 0.321 e. The van der Waals surface area contributed by atoms with Crippen LogP contribution in [0, 0.1) is 0 Å². The molecule has 0 radical (unpaired) electrons. The molecule has 0 spiro atoms. The monoisotopic (exact) mass is 265 g/mol. The Morgan fingerprint density at radius 2 is 2.33 bits per heavy atom. The van der Waals surface area contributed by atoms with Crippen LogP contribution in [0.1, 0.15) is 0 Å². The van der Waals surface area contributed by atoms with E-state index in [1.54, 1.807) is 18.9 Å². The molecule has 2 aromatic rings. The molecule has 0 saturated heterocycles. The molecule has 5 nitrogen and oxygen atoms in total.